The van der Waals surface area contributed by atoms with Gasteiger partial charge in [-0.25, -0.2) is 9.38 Å². The zero-order chi connectivity index (χ0) is 20.5. The summed E-state index contributed by atoms with van der Waals surface area (Å²) >= 11 is 0. The highest BCUT2D eigenvalue weighted by molar-refractivity contribution is 5.79. The first-order chi connectivity index (χ1) is 13.4. The Morgan fingerprint density at radius 2 is 1.86 bits per heavy atom. The molecule has 0 radical (unpaired) electrons. The third kappa shape index (κ3) is 6.66. The minimum Gasteiger partial charge on any atom is -0.505 e. The van der Waals surface area contributed by atoms with Gasteiger partial charge in [0.15, 0.2) is 17.5 Å². The molecule has 0 aliphatic carbocycles. The Morgan fingerprint density at radius 3 is 2.46 bits per heavy atom. The van der Waals surface area contributed by atoms with Crippen molar-refractivity contribution in [1.82, 2.24) is 10.6 Å². The molecule has 9 heteroatoms. The number of hydrogen-bond donors (Lipinski definition) is 4. The summed E-state index contributed by atoms with van der Waals surface area (Å²) in [6, 6.07) is 9.70. The molecule has 2 aromatic rings. The van der Waals surface area contributed by atoms with Gasteiger partial charge in [-0.2, -0.15) is 8.78 Å². The van der Waals surface area contributed by atoms with E-state index in [9.17, 15) is 23.4 Å². The Labute approximate surface area is 160 Å². The number of nitrogens with one attached hydrogen (secondary N) is 2. The number of aliphatic imine (C=N–C) groups is 1. The van der Waals surface area contributed by atoms with E-state index >= 15 is 0 Å². The second-order valence-corrected chi connectivity index (χ2v) is 5.83. The third-order valence-electron chi connectivity index (χ3n) is 3.73. The second-order valence-electron chi connectivity index (χ2n) is 5.83. The largest absolute Gasteiger partial charge is 0.505 e. The van der Waals surface area contributed by atoms with Gasteiger partial charge in [0.1, 0.15) is 5.75 Å². The molecule has 0 fully saturated rings. The number of phenolic OH excluding ortho intramolecular Hbond substituents is 1. The van der Waals surface area contributed by atoms with Gasteiger partial charge in [0.25, 0.3) is 0 Å². The Hall–Kier alpha value is -2.94. The number of phenols is 1. The monoisotopic (exact) mass is 397 g/mol. The van der Waals surface area contributed by atoms with Crippen LogP contribution in [0.1, 0.15) is 24.2 Å². The van der Waals surface area contributed by atoms with Crippen LogP contribution in [0, 0.1) is 5.82 Å². The predicted octanol–water partition coefficient (Wildman–Crippen LogP) is 2.92. The summed E-state index contributed by atoms with van der Waals surface area (Å²) in [7, 11) is 0. The Bertz CT molecular complexity index is 786. The van der Waals surface area contributed by atoms with E-state index in [4.69, 9.17) is 0 Å². The highest BCUT2D eigenvalue weighted by atomic mass is 19.3. The lowest BCUT2D eigenvalue weighted by atomic mass is 10.1. The molecule has 0 saturated heterocycles. The van der Waals surface area contributed by atoms with Crippen LogP contribution in [0.2, 0.25) is 0 Å². The number of alkyl halides is 2. The molecule has 152 valence electrons. The topological polar surface area (TPSA) is 86.1 Å². The van der Waals surface area contributed by atoms with E-state index < -0.39 is 24.3 Å². The van der Waals surface area contributed by atoms with Gasteiger partial charge in [-0.3, -0.25) is 0 Å². The van der Waals surface area contributed by atoms with E-state index in [2.05, 4.69) is 20.4 Å². The quantitative estimate of drug-likeness (QED) is 0.407. The van der Waals surface area contributed by atoms with Crippen LogP contribution in [-0.4, -0.2) is 35.9 Å². The van der Waals surface area contributed by atoms with Crippen molar-refractivity contribution in [2.45, 2.75) is 26.2 Å². The molecule has 6 nitrogen and oxygen atoms in total. The molecule has 0 aliphatic rings. The van der Waals surface area contributed by atoms with Gasteiger partial charge in [0.2, 0.25) is 0 Å². The summed E-state index contributed by atoms with van der Waals surface area (Å²) in [6.07, 6.45) is -0.907. The average Bonchev–Trinajstić information content (AvgIpc) is 2.66. The van der Waals surface area contributed by atoms with Crippen molar-refractivity contribution in [2.75, 3.05) is 13.1 Å². The summed E-state index contributed by atoms with van der Waals surface area (Å²) in [5.41, 5.74) is 1.09. The highest BCUT2D eigenvalue weighted by Gasteiger charge is 2.10. The van der Waals surface area contributed by atoms with Crippen LogP contribution >= 0.6 is 0 Å². The Morgan fingerprint density at radius 1 is 1.14 bits per heavy atom. The molecular formula is C19H22F3N3O3. The minimum atomic E-state index is -2.90. The van der Waals surface area contributed by atoms with Gasteiger partial charge in [-0.1, -0.05) is 18.2 Å². The number of ether oxygens (including phenoxy) is 1. The standard InChI is InChI=1S/C19H22F3N3O3/c1-2-23-19(24-10-12-3-8-16(26)15(20)9-12)25-11-17(27)13-4-6-14(7-5-13)28-18(21)22/h3-9,17-18,26-27H,2,10-11H2,1H3,(H2,23,24,25). The van der Waals surface area contributed by atoms with Crippen LogP contribution in [0.15, 0.2) is 47.5 Å². The van der Waals surface area contributed by atoms with Crippen LogP contribution < -0.4 is 15.4 Å². The lowest BCUT2D eigenvalue weighted by Crippen LogP contribution is -2.39. The number of aliphatic hydroxyl groups excluding tert-OH is 1. The van der Waals surface area contributed by atoms with Gasteiger partial charge < -0.3 is 25.6 Å². The molecule has 0 amide bonds. The summed E-state index contributed by atoms with van der Waals surface area (Å²) in [6.45, 7) is -0.174. The van der Waals surface area contributed by atoms with E-state index in [1.54, 1.807) is 6.07 Å². The van der Waals surface area contributed by atoms with Crippen molar-refractivity contribution in [1.29, 1.82) is 0 Å². The number of aromatic hydroxyl groups is 1. The summed E-state index contributed by atoms with van der Waals surface area (Å²) in [4.78, 5) is 4.30. The Balaban J connectivity index is 1.94. The van der Waals surface area contributed by atoms with E-state index in [1.165, 1.54) is 36.4 Å². The average molecular weight is 397 g/mol. The first-order valence-corrected chi connectivity index (χ1v) is 8.61. The number of aliphatic hydroxyl groups is 1. The molecule has 2 rings (SSSR count). The molecule has 0 saturated carbocycles. The smallest absolute Gasteiger partial charge is 0.387 e. The zero-order valence-electron chi connectivity index (χ0n) is 15.2. The normalized spacial score (nSPS) is 12.7. The van der Waals surface area contributed by atoms with Crippen LogP contribution in [0.3, 0.4) is 0 Å². The molecule has 2 aromatic carbocycles. The first kappa shape index (κ1) is 21.4. The van der Waals surface area contributed by atoms with Gasteiger partial charge in [0, 0.05) is 13.1 Å². The Kier molecular flexibility index (Phi) is 7.94. The molecule has 0 spiro atoms. The van der Waals surface area contributed by atoms with Crippen molar-refractivity contribution in [3.05, 3.63) is 59.4 Å². The van der Waals surface area contributed by atoms with Crippen LogP contribution in [0.5, 0.6) is 11.5 Å². The fraction of sp³-hybridized carbons (Fsp3) is 0.316. The van der Waals surface area contributed by atoms with Crippen molar-refractivity contribution < 1.29 is 28.1 Å². The molecule has 0 bridgehead atoms. The maximum Gasteiger partial charge on any atom is 0.387 e. The maximum atomic E-state index is 13.4. The molecule has 1 atom stereocenters. The van der Waals surface area contributed by atoms with Gasteiger partial charge in [-0.15, -0.1) is 0 Å². The van der Waals surface area contributed by atoms with Crippen molar-refractivity contribution in [2.24, 2.45) is 4.99 Å². The number of guanidine groups is 1. The molecular weight excluding hydrogens is 375 g/mol. The van der Waals surface area contributed by atoms with E-state index in [0.29, 0.717) is 23.6 Å². The maximum absolute atomic E-state index is 13.4. The fourth-order valence-electron chi connectivity index (χ4n) is 2.34. The lowest BCUT2D eigenvalue weighted by Gasteiger charge is -2.16. The lowest BCUT2D eigenvalue weighted by molar-refractivity contribution is -0.0498. The number of nitrogens with zero attached hydrogens (tertiary/aromatic N) is 1. The SMILES string of the molecule is CCNC(=NCc1ccc(O)c(F)c1)NCC(O)c1ccc(OC(F)F)cc1. The number of hydrogen-bond acceptors (Lipinski definition) is 4. The van der Waals surface area contributed by atoms with Crippen LogP contribution in [0.4, 0.5) is 13.2 Å². The summed E-state index contributed by atoms with van der Waals surface area (Å²) in [5.74, 6) is -0.728. The predicted molar refractivity (Wildman–Crippen MR) is 98.9 cm³/mol. The first-order valence-electron chi connectivity index (χ1n) is 8.61. The van der Waals surface area contributed by atoms with E-state index in [1.807, 2.05) is 6.92 Å². The minimum absolute atomic E-state index is 0.00920. The third-order valence-corrected chi connectivity index (χ3v) is 3.73. The second kappa shape index (κ2) is 10.4. The zero-order valence-corrected chi connectivity index (χ0v) is 15.2. The summed E-state index contributed by atoms with van der Waals surface area (Å²) in [5, 5.41) is 25.4. The number of rotatable bonds is 8. The van der Waals surface area contributed by atoms with Crippen LogP contribution in [-0.2, 0) is 6.54 Å². The van der Waals surface area contributed by atoms with Gasteiger partial charge >= 0.3 is 6.61 Å². The van der Waals surface area contributed by atoms with E-state index in [0.717, 1.165) is 0 Å². The molecule has 0 aromatic heterocycles. The van der Waals surface area contributed by atoms with Gasteiger partial charge in [-0.05, 0) is 42.3 Å². The molecule has 0 aliphatic heterocycles. The van der Waals surface area contributed by atoms with Crippen molar-refractivity contribution in [3.63, 3.8) is 0 Å². The molecule has 0 heterocycles. The van der Waals surface area contributed by atoms with Crippen LogP contribution in [0.25, 0.3) is 0 Å². The number of halogens is 3. The fourth-order valence-corrected chi connectivity index (χ4v) is 2.34. The summed E-state index contributed by atoms with van der Waals surface area (Å²) < 4.78 is 42.0. The number of benzene rings is 2. The van der Waals surface area contributed by atoms with Crippen molar-refractivity contribution in [3.8, 4) is 11.5 Å². The molecule has 4 N–H and O–H groups in total. The molecule has 1 unspecified atom stereocenters. The molecule has 28 heavy (non-hydrogen) atoms. The van der Waals surface area contributed by atoms with Crippen molar-refractivity contribution >= 4 is 5.96 Å². The highest BCUT2D eigenvalue weighted by Crippen LogP contribution is 2.19. The van der Waals surface area contributed by atoms with Gasteiger partial charge in [0.05, 0.1) is 12.6 Å². The van der Waals surface area contributed by atoms with E-state index in [-0.39, 0.29) is 18.8 Å².